The van der Waals surface area contributed by atoms with Crippen LogP contribution in [0.3, 0.4) is 0 Å². The number of aromatic nitrogens is 2. The first-order valence-corrected chi connectivity index (χ1v) is 9.58. The van der Waals surface area contributed by atoms with Gasteiger partial charge >= 0.3 is 0 Å². The monoisotopic (exact) mass is 386 g/mol. The van der Waals surface area contributed by atoms with Gasteiger partial charge in [0.25, 0.3) is 5.91 Å². The van der Waals surface area contributed by atoms with Gasteiger partial charge in [0.2, 0.25) is 5.91 Å². The summed E-state index contributed by atoms with van der Waals surface area (Å²) in [5, 5.41) is 0. The Morgan fingerprint density at radius 3 is 2.48 bits per heavy atom. The van der Waals surface area contributed by atoms with Crippen LogP contribution in [0.15, 0.2) is 73.2 Å². The zero-order chi connectivity index (χ0) is 20.3. The summed E-state index contributed by atoms with van der Waals surface area (Å²) < 4.78 is 0. The largest absolute Gasteiger partial charge is 0.369 e. The lowest BCUT2D eigenvalue weighted by molar-refractivity contribution is -0.126. The van der Waals surface area contributed by atoms with Crippen LogP contribution in [0.5, 0.6) is 0 Å². The quantitative estimate of drug-likeness (QED) is 0.730. The van der Waals surface area contributed by atoms with Crippen LogP contribution in [0.4, 0.5) is 0 Å². The molecule has 1 aliphatic heterocycles. The van der Waals surface area contributed by atoms with Crippen LogP contribution in [0.1, 0.15) is 22.5 Å². The van der Waals surface area contributed by atoms with E-state index in [1.165, 1.54) is 0 Å². The lowest BCUT2D eigenvalue weighted by Gasteiger charge is -2.27. The first-order valence-electron chi connectivity index (χ1n) is 9.58. The first-order chi connectivity index (χ1) is 14.1. The average Bonchev–Trinajstić information content (AvgIpc) is 3.20. The van der Waals surface area contributed by atoms with Gasteiger partial charge in [0, 0.05) is 31.7 Å². The van der Waals surface area contributed by atoms with Gasteiger partial charge in [0.1, 0.15) is 5.69 Å². The van der Waals surface area contributed by atoms with Gasteiger partial charge in [-0.25, -0.2) is 0 Å². The minimum atomic E-state index is -0.798. The number of carbonyl (C=O) groups is 2. The van der Waals surface area contributed by atoms with Crippen molar-refractivity contribution in [3.63, 3.8) is 0 Å². The van der Waals surface area contributed by atoms with Crippen LogP contribution >= 0.6 is 0 Å². The van der Waals surface area contributed by atoms with E-state index >= 15 is 0 Å². The van der Waals surface area contributed by atoms with Gasteiger partial charge in [0.05, 0.1) is 5.41 Å². The van der Waals surface area contributed by atoms with Crippen molar-refractivity contribution < 1.29 is 9.59 Å². The minimum Gasteiger partial charge on any atom is -0.369 e. The Bertz CT molecular complexity index is 1020. The Morgan fingerprint density at radius 2 is 1.76 bits per heavy atom. The van der Waals surface area contributed by atoms with Crippen molar-refractivity contribution in [1.82, 2.24) is 14.9 Å². The molecule has 146 valence electrons. The van der Waals surface area contributed by atoms with Crippen molar-refractivity contribution in [3.8, 4) is 11.1 Å². The molecule has 2 N–H and O–H groups in total. The number of rotatable bonds is 5. The molecule has 4 rings (SSSR count). The molecule has 6 nitrogen and oxygen atoms in total. The number of nitrogens with zero attached hydrogens (tertiary/aromatic N) is 3. The Kier molecular flexibility index (Phi) is 5.08. The maximum Gasteiger partial charge on any atom is 0.272 e. The fourth-order valence-corrected chi connectivity index (χ4v) is 3.98. The molecule has 1 aliphatic rings. The average molecular weight is 386 g/mol. The summed E-state index contributed by atoms with van der Waals surface area (Å²) in [4.78, 5) is 35.2. The fourth-order valence-electron chi connectivity index (χ4n) is 3.98. The molecular formula is C23H22N4O2. The van der Waals surface area contributed by atoms with E-state index in [9.17, 15) is 9.59 Å². The maximum atomic E-state index is 12.8. The predicted molar refractivity (Wildman–Crippen MR) is 110 cm³/mol. The van der Waals surface area contributed by atoms with Crippen LogP contribution in [0, 0.1) is 5.41 Å². The van der Waals surface area contributed by atoms with Crippen molar-refractivity contribution in [3.05, 3.63) is 84.4 Å². The number of amides is 2. The third-order valence-electron chi connectivity index (χ3n) is 5.59. The van der Waals surface area contributed by atoms with Gasteiger partial charge in [-0.05, 0) is 53.8 Å². The lowest BCUT2D eigenvalue weighted by Crippen LogP contribution is -2.42. The van der Waals surface area contributed by atoms with Crippen molar-refractivity contribution in [2.24, 2.45) is 11.1 Å². The molecule has 0 spiro atoms. The van der Waals surface area contributed by atoms with Gasteiger partial charge in [-0.1, -0.05) is 30.3 Å². The van der Waals surface area contributed by atoms with E-state index in [1.54, 1.807) is 41.7 Å². The molecule has 2 amide bonds. The summed E-state index contributed by atoms with van der Waals surface area (Å²) in [6, 6.07) is 17.1. The van der Waals surface area contributed by atoms with E-state index in [4.69, 9.17) is 5.73 Å². The van der Waals surface area contributed by atoms with Gasteiger partial charge in [-0.3, -0.25) is 19.6 Å². The summed E-state index contributed by atoms with van der Waals surface area (Å²) in [5.74, 6) is -0.547. The molecule has 29 heavy (non-hydrogen) atoms. The number of nitrogens with two attached hydrogens (primary N) is 1. The number of hydrogen-bond donors (Lipinski definition) is 1. The van der Waals surface area contributed by atoms with E-state index in [-0.39, 0.29) is 11.8 Å². The standard InChI is InChI=1S/C23H22N4O2/c24-22(29)23(10-14-27(16-23)21(28)20-7-3-4-11-26-20)15-18-5-1-2-6-19(18)17-8-12-25-13-9-17/h1-9,11-13H,10,14-16H2,(H2,24,29). The Labute approximate surface area is 169 Å². The predicted octanol–water partition coefficient (Wildman–Crippen LogP) is 2.70. The molecule has 0 bridgehead atoms. The lowest BCUT2D eigenvalue weighted by atomic mass is 9.78. The molecular weight excluding hydrogens is 364 g/mol. The van der Waals surface area contributed by atoms with Crippen LogP contribution in [0.2, 0.25) is 0 Å². The van der Waals surface area contributed by atoms with Crippen LogP contribution in [0.25, 0.3) is 11.1 Å². The van der Waals surface area contributed by atoms with Crippen molar-refractivity contribution in [1.29, 1.82) is 0 Å². The molecule has 1 fully saturated rings. The number of likely N-dealkylation sites (tertiary alicyclic amines) is 1. The van der Waals surface area contributed by atoms with E-state index in [0.717, 1.165) is 16.7 Å². The van der Waals surface area contributed by atoms with E-state index in [0.29, 0.717) is 31.6 Å². The van der Waals surface area contributed by atoms with Gasteiger partial charge in [0.15, 0.2) is 0 Å². The van der Waals surface area contributed by atoms with E-state index < -0.39 is 5.41 Å². The molecule has 0 radical (unpaired) electrons. The summed E-state index contributed by atoms with van der Waals surface area (Å²) in [5.41, 5.74) is 8.56. The molecule has 0 saturated carbocycles. The van der Waals surface area contributed by atoms with Crippen molar-refractivity contribution in [2.45, 2.75) is 12.8 Å². The summed E-state index contributed by atoms with van der Waals surface area (Å²) >= 11 is 0. The number of hydrogen-bond acceptors (Lipinski definition) is 4. The van der Waals surface area contributed by atoms with E-state index in [1.807, 2.05) is 36.4 Å². The van der Waals surface area contributed by atoms with Crippen LogP contribution in [-0.2, 0) is 11.2 Å². The Hall–Kier alpha value is -3.54. The summed E-state index contributed by atoms with van der Waals surface area (Å²) in [6.45, 7) is 0.776. The topological polar surface area (TPSA) is 89.2 Å². The summed E-state index contributed by atoms with van der Waals surface area (Å²) in [7, 11) is 0. The number of pyridine rings is 2. The van der Waals surface area contributed by atoms with Crippen molar-refractivity contribution in [2.75, 3.05) is 13.1 Å². The molecule has 1 aromatic carbocycles. The maximum absolute atomic E-state index is 12.8. The molecule has 6 heteroatoms. The van der Waals surface area contributed by atoms with Gasteiger partial charge in [-0.15, -0.1) is 0 Å². The zero-order valence-electron chi connectivity index (χ0n) is 16.0. The highest BCUT2D eigenvalue weighted by Gasteiger charge is 2.45. The SMILES string of the molecule is NC(=O)C1(Cc2ccccc2-c2ccncc2)CCN(C(=O)c2ccccn2)C1. The highest BCUT2D eigenvalue weighted by molar-refractivity contribution is 5.93. The third kappa shape index (κ3) is 3.74. The zero-order valence-corrected chi connectivity index (χ0v) is 16.0. The Morgan fingerprint density at radius 1 is 1.00 bits per heavy atom. The minimum absolute atomic E-state index is 0.170. The normalized spacial score (nSPS) is 18.6. The highest BCUT2D eigenvalue weighted by atomic mass is 16.2. The van der Waals surface area contributed by atoms with Crippen molar-refractivity contribution >= 4 is 11.8 Å². The van der Waals surface area contributed by atoms with Gasteiger partial charge in [-0.2, -0.15) is 0 Å². The molecule has 3 aromatic rings. The molecule has 3 heterocycles. The number of carbonyl (C=O) groups excluding carboxylic acids is 2. The van der Waals surface area contributed by atoms with Gasteiger partial charge < -0.3 is 10.6 Å². The second-order valence-electron chi connectivity index (χ2n) is 7.41. The molecule has 1 saturated heterocycles. The second kappa shape index (κ2) is 7.83. The van der Waals surface area contributed by atoms with Crippen LogP contribution < -0.4 is 5.73 Å². The Balaban J connectivity index is 1.62. The molecule has 1 atom stereocenters. The van der Waals surface area contributed by atoms with Crippen LogP contribution in [-0.4, -0.2) is 39.8 Å². The smallest absolute Gasteiger partial charge is 0.272 e. The fraction of sp³-hybridized carbons (Fsp3) is 0.217. The summed E-state index contributed by atoms with van der Waals surface area (Å²) in [6.07, 6.45) is 6.10. The number of primary amides is 1. The highest BCUT2D eigenvalue weighted by Crippen LogP contribution is 2.37. The molecule has 1 unspecified atom stereocenters. The second-order valence-corrected chi connectivity index (χ2v) is 7.41. The molecule has 2 aromatic heterocycles. The number of benzene rings is 1. The first kappa shape index (κ1) is 18.8. The molecule has 0 aliphatic carbocycles. The van der Waals surface area contributed by atoms with E-state index in [2.05, 4.69) is 9.97 Å². The third-order valence-corrected chi connectivity index (χ3v) is 5.59.